The van der Waals surface area contributed by atoms with Gasteiger partial charge in [-0.1, -0.05) is 42.0 Å². The number of benzene rings is 2. The minimum atomic E-state index is 0.0313. The molecule has 1 amide bonds. The van der Waals surface area contributed by atoms with Gasteiger partial charge in [-0.2, -0.15) is 0 Å². The average molecular weight is 360 g/mol. The lowest BCUT2D eigenvalue weighted by Gasteiger charge is -2.26. The van der Waals surface area contributed by atoms with E-state index in [1.165, 1.54) is 27.6 Å². The van der Waals surface area contributed by atoms with E-state index in [1.807, 2.05) is 36.1 Å². The van der Waals surface area contributed by atoms with Gasteiger partial charge in [-0.25, -0.2) is 0 Å². The molecule has 0 spiro atoms. The van der Waals surface area contributed by atoms with E-state index in [2.05, 4.69) is 48.2 Å². The van der Waals surface area contributed by atoms with Crippen LogP contribution in [0, 0.1) is 6.92 Å². The summed E-state index contributed by atoms with van der Waals surface area (Å²) in [5, 5.41) is 1.27. The quantitative estimate of drug-likeness (QED) is 0.699. The molecule has 1 aliphatic heterocycles. The van der Waals surface area contributed by atoms with E-state index in [0.29, 0.717) is 6.54 Å². The van der Waals surface area contributed by atoms with Gasteiger partial charge in [0.05, 0.1) is 0 Å². The first-order valence-corrected chi connectivity index (χ1v) is 9.32. The molecule has 0 unspecified atom stereocenters. The summed E-state index contributed by atoms with van der Waals surface area (Å²) < 4.78 is 7.80. The van der Waals surface area contributed by atoms with Gasteiger partial charge in [-0.15, -0.1) is 0 Å². The monoisotopic (exact) mass is 360 g/mol. The number of ether oxygens (including phenoxy) is 1. The molecule has 0 fully saturated rings. The van der Waals surface area contributed by atoms with Crippen molar-refractivity contribution in [3.8, 4) is 5.75 Å². The molecular weight excluding hydrogens is 336 g/mol. The molecule has 0 saturated carbocycles. The van der Waals surface area contributed by atoms with Gasteiger partial charge in [-0.05, 0) is 37.1 Å². The largest absolute Gasteiger partial charge is 0.484 e. The summed E-state index contributed by atoms with van der Waals surface area (Å²) in [6.07, 6.45) is 5.23. The third-order valence-electron chi connectivity index (χ3n) is 5.19. The van der Waals surface area contributed by atoms with E-state index in [-0.39, 0.29) is 12.5 Å². The molecule has 4 nitrogen and oxygen atoms in total. The van der Waals surface area contributed by atoms with Crippen LogP contribution in [0.25, 0.3) is 16.5 Å². The first-order valence-electron chi connectivity index (χ1n) is 9.32. The first-order chi connectivity index (χ1) is 13.1. The minimum Gasteiger partial charge on any atom is -0.484 e. The van der Waals surface area contributed by atoms with Gasteiger partial charge < -0.3 is 14.2 Å². The zero-order valence-electron chi connectivity index (χ0n) is 15.8. The highest BCUT2D eigenvalue weighted by Crippen LogP contribution is 2.30. The summed E-state index contributed by atoms with van der Waals surface area (Å²) in [5.74, 6) is 0.766. The second kappa shape index (κ2) is 7.31. The minimum absolute atomic E-state index is 0.0313. The van der Waals surface area contributed by atoms with Crippen molar-refractivity contribution in [1.82, 2.24) is 9.47 Å². The lowest BCUT2D eigenvalue weighted by atomic mass is 9.99. The lowest BCUT2D eigenvalue weighted by molar-refractivity contribution is -0.132. The Morgan fingerprint density at radius 2 is 1.89 bits per heavy atom. The normalized spacial score (nSPS) is 14.3. The molecule has 27 heavy (non-hydrogen) atoms. The predicted molar refractivity (Wildman–Crippen MR) is 109 cm³/mol. The van der Waals surface area contributed by atoms with Crippen LogP contribution < -0.4 is 4.74 Å². The Bertz CT molecular complexity index is 999. The number of nitrogens with zero attached hydrogens (tertiary/aromatic N) is 2. The highest BCUT2D eigenvalue weighted by Gasteiger charge is 2.20. The van der Waals surface area contributed by atoms with Crippen molar-refractivity contribution in [3.05, 3.63) is 71.9 Å². The van der Waals surface area contributed by atoms with Gasteiger partial charge in [0.1, 0.15) is 5.75 Å². The summed E-state index contributed by atoms with van der Waals surface area (Å²) >= 11 is 0. The van der Waals surface area contributed by atoms with E-state index in [0.717, 1.165) is 18.7 Å². The summed E-state index contributed by atoms with van der Waals surface area (Å²) in [5.41, 5.74) is 5.00. The maximum absolute atomic E-state index is 12.5. The van der Waals surface area contributed by atoms with Crippen LogP contribution in [0.15, 0.2) is 60.8 Å². The van der Waals surface area contributed by atoms with E-state index in [9.17, 15) is 4.79 Å². The van der Waals surface area contributed by atoms with Crippen LogP contribution in [0.2, 0.25) is 0 Å². The molecule has 3 aromatic rings. The molecule has 0 bridgehead atoms. The predicted octanol–water partition coefficient (Wildman–Crippen LogP) is 4.18. The number of carbonyl (C=O) groups excluding carboxylic acids is 1. The van der Waals surface area contributed by atoms with Crippen molar-refractivity contribution >= 4 is 22.4 Å². The topological polar surface area (TPSA) is 34.5 Å². The summed E-state index contributed by atoms with van der Waals surface area (Å²) in [4.78, 5) is 14.3. The van der Waals surface area contributed by atoms with Gasteiger partial charge >= 0.3 is 0 Å². The standard InChI is InChI=1S/C23H24N2O2/c1-17-7-9-19(10-8-17)27-16-23(26)25-13-11-18(12-14-25)21-15-24(2)22-6-4-3-5-20(21)22/h3-11,15H,12-14,16H2,1-2H3. The van der Waals surface area contributed by atoms with Crippen LogP contribution in [0.5, 0.6) is 5.75 Å². The van der Waals surface area contributed by atoms with Crippen LogP contribution in [0.3, 0.4) is 0 Å². The Balaban J connectivity index is 1.42. The summed E-state index contributed by atoms with van der Waals surface area (Å²) in [6, 6.07) is 16.2. The van der Waals surface area contributed by atoms with Gasteiger partial charge in [0, 0.05) is 42.8 Å². The van der Waals surface area contributed by atoms with Crippen molar-refractivity contribution in [3.63, 3.8) is 0 Å². The first kappa shape index (κ1) is 17.4. The Morgan fingerprint density at radius 1 is 1.11 bits per heavy atom. The molecule has 1 aromatic heterocycles. The van der Waals surface area contributed by atoms with Gasteiger partial charge in [0.15, 0.2) is 6.61 Å². The van der Waals surface area contributed by atoms with E-state index >= 15 is 0 Å². The molecule has 2 heterocycles. The fourth-order valence-corrected chi connectivity index (χ4v) is 3.61. The van der Waals surface area contributed by atoms with Crippen molar-refractivity contribution < 1.29 is 9.53 Å². The SMILES string of the molecule is Cc1ccc(OCC(=O)N2CC=C(c3cn(C)c4ccccc34)CC2)cc1. The number of hydrogen-bond acceptors (Lipinski definition) is 2. The van der Waals surface area contributed by atoms with Crippen molar-refractivity contribution in [2.24, 2.45) is 7.05 Å². The Kier molecular flexibility index (Phi) is 4.71. The number of hydrogen-bond donors (Lipinski definition) is 0. The number of para-hydroxylation sites is 1. The molecule has 4 rings (SSSR count). The molecule has 0 saturated heterocycles. The van der Waals surface area contributed by atoms with Crippen molar-refractivity contribution in [1.29, 1.82) is 0 Å². The maximum atomic E-state index is 12.5. The highest BCUT2D eigenvalue weighted by atomic mass is 16.5. The number of aromatic nitrogens is 1. The molecule has 2 aromatic carbocycles. The van der Waals surface area contributed by atoms with Crippen LogP contribution >= 0.6 is 0 Å². The summed E-state index contributed by atoms with van der Waals surface area (Å²) in [7, 11) is 2.08. The maximum Gasteiger partial charge on any atom is 0.260 e. The van der Waals surface area contributed by atoms with Gasteiger partial charge in [-0.3, -0.25) is 4.79 Å². The van der Waals surface area contributed by atoms with Crippen LogP contribution in [0.1, 0.15) is 17.5 Å². The lowest BCUT2D eigenvalue weighted by Crippen LogP contribution is -2.37. The van der Waals surface area contributed by atoms with Gasteiger partial charge in [0.2, 0.25) is 0 Å². The number of aryl methyl sites for hydroxylation is 2. The van der Waals surface area contributed by atoms with Crippen LogP contribution in [-0.4, -0.2) is 35.1 Å². The number of rotatable bonds is 4. The zero-order chi connectivity index (χ0) is 18.8. The number of carbonyl (C=O) groups is 1. The number of fused-ring (bicyclic) bond motifs is 1. The molecule has 1 aliphatic rings. The van der Waals surface area contributed by atoms with Gasteiger partial charge in [0.25, 0.3) is 5.91 Å². The Morgan fingerprint density at radius 3 is 2.63 bits per heavy atom. The molecule has 4 heteroatoms. The fourth-order valence-electron chi connectivity index (χ4n) is 3.61. The Labute approximate surface area is 159 Å². The number of amides is 1. The van der Waals surface area contributed by atoms with Crippen LogP contribution in [-0.2, 0) is 11.8 Å². The third-order valence-corrected chi connectivity index (χ3v) is 5.19. The molecule has 0 radical (unpaired) electrons. The summed E-state index contributed by atoms with van der Waals surface area (Å²) in [6.45, 7) is 3.48. The molecule has 0 atom stereocenters. The van der Waals surface area contributed by atoms with E-state index in [1.54, 1.807) is 0 Å². The average Bonchev–Trinajstić information content (AvgIpc) is 3.04. The highest BCUT2D eigenvalue weighted by molar-refractivity contribution is 5.93. The second-order valence-electron chi connectivity index (χ2n) is 7.09. The van der Waals surface area contributed by atoms with Crippen molar-refractivity contribution in [2.45, 2.75) is 13.3 Å². The van der Waals surface area contributed by atoms with Crippen LogP contribution in [0.4, 0.5) is 0 Å². The molecule has 0 N–H and O–H groups in total. The second-order valence-corrected chi connectivity index (χ2v) is 7.09. The molecule has 138 valence electrons. The Hall–Kier alpha value is -3.01. The molecular formula is C23H24N2O2. The van der Waals surface area contributed by atoms with E-state index in [4.69, 9.17) is 4.74 Å². The van der Waals surface area contributed by atoms with Crippen molar-refractivity contribution in [2.75, 3.05) is 19.7 Å². The van der Waals surface area contributed by atoms with E-state index < -0.39 is 0 Å². The molecule has 0 aliphatic carbocycles. The third kappa shape index (κ3) is 3.61. The fraction of sp³-hybridized carbons (Fsp3) is 0.261. The zero-order valence-corrected chi connectivity index (χ0v) is 15.8. The smallest absolute Gasteiger partial charge is 0.260 e.